The summed E-state index contributed by atoms with van der Waals surface area (Å²) in [6.07, 6.45) is 2.33. The lowest BCUT2D eigenvalue weighted by atomic mass is 9.95. The lowest BCUT2D eigenvalue weighted by molar-refractivity contribution is -0.146. The van der Waals surface area contributed by atoms with Gasteiger partial charge in [-0.05, 0) is 30.6 Å². The molecule has 2 aliphatic carbocycles. The number of nitrogens with one attached hydrogen (secondary N) is 1. The molecule has 17 heavy (non-hydrogen) atoms. The van der Waals surface area contributed by atoms with Crippen LogP contribution in [0.3, 0.4) is 0 Å². The second-order valence-corrected chi connectivity index (χ2v) is 6.38. The Bertz CT molecular complexity index is 351. The zero-order valence-electron chi connectivity index (χ0n) is 10.7. The highest BCUT2D eigenvalue weighted by atomic mass is 16.4. The van der Waals surface area contributed by atoms with Gasteiger partial charge in [0.15, 0.2) is 0 Å². The van der Waals surface area contributed by atoms with E-state index in [2.05, 4.69) is 19.2 Å². The van der Waals surface area contributed by atoms with Crippen LogP contribution in [0.4, 0.5) is 0 Å². The summed E-state index contributed by atoms with van der Waals surface area (Å²) in [7, 11) is 0. The van der Waals surface area contributed by atoms with Gasteiger partial charge in [0.05, 0.1) is 11.8 Å². The Hall–Kier alpha value is -1.06. The second kappa shape index (κ2) is 4.00. The number of carbonyl (C=O) groups is 2. The van der Waals surface area contributed by atoms with Gasteiger partial charge in [-0.15, -0.1) is 0 Å². The van der Waals surface area contributed by atoms with E-state index in [0.717, 1.165) is 6.42 Å². The van der Waals surface area contributed by atoms with Crippen molar-refractivity contribution in [1.29, 1.82) is 0 Å². The summed E-state index contributed by atoms with van der Waals surface area (Å²) in [5.41, 5.74) is 0.193. The van der Waals surface area contributed by atoms with E-state index < -0.39 is 11.9 Å². The second-order valence-electron chi connectivity index (χ2n) is 6.38. The van der Waals surface area contributed by atoms with Crippen LogP contribution in [0.2, 0.25) is 0 Å². The molecule has 0 saturated heterocycles. The van der Waals surface area contributed by atoms with Crippen molar-refractivity contribution in [2.75, 3.05) is 0 Å². The van der Waals surface area contributed by atoms with Gasteiger partial charge in [-0.1, -0.05) is 20.8 Å². The van der Waals surface area contributed by atoms with Crippen molar-refractivity contribution in [2.45, 2.75) is 46.1 Å². The maximum absolute atomic E-state index is 12.1. The molecule has 1 amide bonds. The highest BCUT2D eigenvalue weighted by Gasteiger charge is 2.49. The molecule has 2 rings (SSSR count). The van der Waals surface area contributed by atoms with Gasteiger partial charge in [0, 0.05) is 6.04 Å². The maximum atomic E-state index is 12.1. The van der Waals surface area contributed by atoms with E-state index in [1.165, 1.54) is 0 Å². The molecule has 2 fully saturated rings. The maximum Gasteiger partial charge on any atom is 0.307 e. The number of amides is 1. The summed E-state index contributed by atoms with van der Waals surface area (Å²) in [4.78, 5) is 23.2. The molecular weight excluding hydrogens is 218 g/mol. The predicted molar refractivity (Wildman–Crippen MR) is 63.3 cm³/mol. The molecule has 0 aliphatic heterocycles. The topological polar surface area (TPSA) is 66.4 Å². The van der Waals surface area contributed by atoms with Crippen LogP contribution in [0, 0.1) is 23.2 Å². The van der Waals surface area contributed by atoms with Crippen LogP contribution in [-0.4, -0.2) is 23.0 Å². The molecule has 0 spiro atoms. The van der Waals surface area contributed by atoms with E-state index in [0.29, 0.717) is 18.8 Å². The first-order valence-corrected chi connectivity index (χ1v) is 6.34. The molecule has 0 radical (unpaired) electrons. The quantitative estimate of drug-likeness (QED) is 0.787. The van der Waals surface area contributed by atoms with Gasteiger partial charge in [0.1, 0.15) is 0 Å². The highest BCUT2D eigenvalue weighted by molar-refractivity contribution is 5.85. The van der Waals surface area contributed by atoms with Crippen molar-refractivity contribution in [3.63, 3.8) is 0 Å². The van der Waals surface area contributed by atoms with E-state index in [-0.39, 0.29) is 23.3 Å². The van der Waals surface area contributed by atoms with Gasteiger partial charge in [0.2, 0.25) is 5.91 Å². The standard InChI is InChI=1S/C13H21NO3/c1-7-4-8(9(5-7)12(16)17)11(15)14-10-6-13(10,2)3/h7-10H,4-6H2,1-3H3,(H,14,15)(H,16,17). The van der Waals surface area contributed by atoms with Gasteiger partial charge in [-0.2, -0.15) is 0 Å². The van der Waals surface area contributed by atoms with Crippen LogP contribution in [0.15, 0.2) is 0 Å². The smallest absolute Gasteiger partial charge is 0.307 e. The first-order valence-electron chi connectivity index (χ1n) is 6.34. The van der Waals surface area contributed by atoms with Crippen LogP contribution in [0.1, 0.15) is 40.0 Å². The van der Waals surface area contributed by atoms with E-state index >= 15 is 0 Å². The molecule has 0 aromatic rings. The molecular formula is C13H21NO3. The van der Waals surface area contributed by atoms with Crippen molar-refractivity contribution >= 4 is 11.9 Å². The van der Waals surface area contributed by atoms with Gasteiger partial charge < -0.3 is 10.4 Å². The van der Waals surface area contributed by atoms with Gasteiger partial charge in [-0.3, -0.25) is 9.59 Å². The number of carbonyl (C=O) groups excluding carboxylic acids is 1. The van der Waals surface area contributed by atoms with Crippen molar-refractivity contribution in [1.82, 2.24) is 5.32 Å². The molecule has 4 atom stereocenters. The fourth-order valence-corrected chi connectivity index (χ4v) is 2.85. The van der Waals surface area contributed by atoms with Crippen molar-refractivity contribution < 1.29 is 14.7 Å². The molecule has 0 bridgehead atoms. The lowest BCUT2D eigenvalue weighted by Crippen LogP contribution is -2.37. The molecule has 96 valence electrons. The predicted octanol–water partition coefficient (Wildman–Crippen LogP) is 1.65. The zero-order valence-corrected chi connectivity index (χ0v) is 10.7. The molecule has 2 saturated carbocycles. The Morgan fingerprint density at radius 3 is 2.24 bits per heavy atom. The first-order chi connectivity index (χ1) is 7.81. The van der Waals surface area contributed by atoms with E-state index in [9.17, 15) is 9.59 Å². The first kappa shape index (κ1) is 12.4. The number of carboxylic acid groups (broad SMARTS) is 1. The molecule has 0 aromatic heterocycles. The van der Waals surface area contributed by atoms with E-state index in [1.807, 2.05) is 6.92 Å². The summed E-state index contributed by atoms with van der Waals surface area (Å²) < 4.78 is 0. The summed E-state index contributed by atoms with van der Waals surface area (Å²) in [6.45, 7) is 6.25. The summed E-state index contributed by atoms with van der Waals surface area (Å²) >= 11 is 0. The van der Waals surface area contributed by atoms with Crippen molar-refractivity contribution in [3.8, 4) is 0 Å². The minimum atomic E-state index is -0.829. The normalized spacial score (nSPS) is 38.8. The SMILES string of the molecule is CC1CC(C(=O)O)C(C(=O)NC2CC2(C)C)C1. The molecule has 4 heteroatoms. The van der Waals surface area contributed by atoms with Crippen LogP contribution >= 0.6 is 0 Å². The number of aliphatic carboxylic acids is 1. The Labute approximate surface area is 102 Å². The molecule has 4 nitrogen and oxygen atoms in total. The third kappa shape index (κ3) is 2.45. The van der Waals surface area contributed by atoms with Crippen LogP contribution in [0.5, 0.6) is 0 Å². The van der Waals surface area contributed by atoms with E-state index in [4.69, 9.17) is 5.11 Å². The summed E-state index contributed by atoms with van der Waals surface area (Å²) in [5, 5.41) is 12.1. The van der Waals surface area contributed by atoms with Crippen LogP contribution in [-0.2, 0) is 9.59 Å². The Morgan fingerprint density at radius 1 is 1.24 bits per heavy atom. The monoisotopic (exact) mass is 239 g/mol. The summed E-state index contributed by atoms with van der Waals surface area (Å²) in [5.74, 6) is -1.38. The average Bonchev–Trinajstić information content (AvgIpc) is 2.63. The fourth-order valence-electron chi connectivity index (χ4n) is 2.85. The third-order valence-corrected chi connectivity index (χ3v) is 4.28. The third-order valence-electron chi connectivity index (χ3n) is 4.28. The zero-order chi connectivity index (χ0) is 12.8. The van der Waals surface area contributed by atoms with Gasteiger partial charge in [0.25, 0.3) is 0 Å². The number of hydrogen-bond donors (Lipinski definition) is 2. The van der Waals surface area contributed by atoms with Gasteiger partial charge in [-0.25, -0.2) is 0 Å². The fraction of sp³-hybridized carbons (Fsp3) is 0.846. The molecule has 2 aliphatic rings. The molecule has 0 aromatic carbocycles. The lowest BCUT2D eigenvalue weighted by Gasteiger charge is -2.16. The highest BCUT2D eigenvalue weighted by Crippen LogP contribution is 2.45. The summed E-state index contributed by atoms with van der Waals surface area (Å²) in [6, 6.07) is 0.236. The molecule has 2 N–H and O–H groups in total. The minimum Gasteiger partial charge on any atom is -0.481 e. The van der Waals surface area contributed by atoms with Crippen molar-refractivity contribution in [3.05, 3.63) is 0 Å². The Morgan fingerprint density at radius 2 is 1.76 bits per heavy atom. The minimum absolute atomic E-state index is 0.0580. The van der Waals surface area contributed by atoms with Crippen LogP contribution < -0.4 is 5.32 Å². The Balaban J connectivity index is 1.96. The van der Waals surface area contributed by atoms with Crippen LogP contribution in [0.25, 0.3) is 0 Å². The molecule has 0 heterocycles. The number of hydrogen-bond acceptors (Lipinski definition) is 2. The largest absolute Gasteiger partial charge is 0.481 e. The number of rotatable bonds is 3. The number of carboxylic acids is 1. The van der Waals surface area contributed by atoms with E-state index in [1.54, 1.807) is 0 Å². The average molecular weight is 239 g/mol. The van der Waals surface area contributed by atoms with Gasteiger partial charge >= 0.3 is 5.97 Å². The molecule has 4 unspecified atom stereocenters. The Kier molecular flexibility index (Phi) is 2.92. The van der Waals surface area contributed by atoms with Crippen molar-refractivity contribution in [2.24, 2.45) is 23.2 Å².